The predicted molar refractivity (Wildman–Crippen MR) is 44.9 cm³/mol. The first kappa shape index (κ1) is 9.30. The molecule has 0 spiro atoms. The normalized spacial score (nSPS) is 45.8. The number of rotatable bonds is 1. The van der Waals surface area contributed by atoms with Crippen molar-refractivity contribution < 1.29 is 9.84 Å². The lowest BCUT2D eigenvalue weighted by molar-refractivity contribution is -0.134. The van der Waals surface area contributed by atoms with Gasteiger partial charge in [-0.05, 0) is 20.3 Å². The molecule has 1 rings (SSSR count). The zero-order chi connectivity index (χ0) is 8.48. The van der Waals surface area contributed by atoms with Crippen molar-refractivity contribution in [2.45, 2.75) is 44.5 Å². The molecular formula is C8H15ClO2. The summed E-state index contributed by atoms with van der Waals surface area (Å²) in [5.74, 6) is 0.453. The minimum absolute atomic E-state index is 0.127. The minimum atomic E-state index is -0.321. The van der Waals surface area contributed by atoms with E-state index in [0.717, 1.165) is 6.42 Å². The SMILES string of the molecule is CC1C[C@H](O)CC(C)(CCl)O1. The Hall–Kier alpha value is 0.210. The predicted octanol–water partition coefficient (Wildman–Crippen LogP) is 1.54. The van der Waals surface area contributed by atoms with Gasteiger partial charge in [0.05, 0.1) is 23.7 Å². The van der Waals surface area contributed by atoms with E-state index in [2.05, 4.69) is 0 Å². The first-order chi connectivity index (χ1) is 5.06. The van der Waals surface area contributed by atoms with Crippen LogP contribution < -0.4 is 0 Å². The quantitative estimate of drug-likeness (QED) is 0.618. The Morgan fingerprint density at radius 3 is 2.82 bits per heavy atom. The second-order valence-electron chi connectivity index (χ2n) is 3.61. The van der Waals surface area contributed by atoms with Crippen LogP contribution in [0.2, 0.25) is 0 Å². The molecule has 1 saturated heterocycles. The standard InChI is InChI=1S/C8H15ClO2/c1-6-3-7(10)4-8(2,5-9)11-6/h6-7,10H,3-5H2,1-2H3/t6?,7-,8?/m0/s1. The van der Waals surface area contributed by atoms with E-state index < -0.39 is 0 Å². The maximum Gasteiger partial charge on any atom is 0.0817 e. The molecule has 0 aliphatic carbocycles. The monoisotopic (exact) mass is 178 g/mol. The highest BCUT2D eigenvalue weighted by Gasteiger charge is 2.34. The molecule has 1 heterocycles. The first-order valence-corrected chi connectivity index (χ1v) is 4.51. The van der Waals surface area contributed by atoms with Crippen LogP contribution in [-0.2, 0) is 4.74 Å². The van der Waals surface area contributed by atoms with Crippen LogP contribution in [0.25, 0.3) is 0 Å². The molecule has 0 bridgehead atoms. The minimum Gasteiger partial charge on any atom is -0.393 e. The molecule has 0 saturated carbocycles. The Morgan fingerprint density at radius 1 is 1.73 bits per heavy atom. The van der Waals surface area contributed by atoms with Crippen molar-refractivity contribution in [3.05, 3.63) is 0 Å². The Kier molecular flexibility index (Phi) is 2.79. The maximum absolute atomic E-state index is 9.41. The van der Waals surface area contributed by atoms with Crippen LogP contribution in [0.5, 0.6) is 0 Å². The van der Waals surface area contributed by atoms with Crippen LogP contribution in [0.15, 0.2) is 0 Å². The lowest BCUT2D eigenvalue weighted by Gasteiger charge is -2.38. The third kappa shape index (κ3) is 2.32. The molecule has 1 fully saturated rings. The van der Waals surface area contributed by atoms with Gasteiger partial charge in [-0.1, -0.05) is 0 Å². The molecule has 3 atom stereocenters. The summed E-state index contributed by atoms with van der Waals surface area (Å²) in [5, 5.41) is 9.41. The fourth-order valence-corrected chi connectivity index (χ4v) is 1.80. The number of hydrogen-bond acceptors (Lipinski definition) is 2. The van der Waals surface area contributed by atoms with Gasteiger partial charge in [-0.15, -0.1) is 11.6 Å². The average Bonchev–Trinajstić information content (AvgIpc) is 1.84. The van der Waals surface area contributed by atoms with Crippen molar-refractivity contribution in [2.75, 3.05) is 5.88 Å². The molecule has 0 amide bonds. The summed E-state index contributed by atoms with van der Waals surface area (Å²) in [5.41, 5.74) is -0.321. The number of hydrogen-bond donors (Lipinski definition) is 1. The van der Waals surface area contributed by atoms with Gasteiger partial charge < -0.3 is 9.84 Å². The summed E-state index contributed by atoms with van der Waals surface area (Å²) in [4.78, 5) is 0. The summed E-state index contributed by atoms with van der Waals surface area (Å²) < 4.78 is 5.60. The third-order valence-corrected chi connectivity index (χ3v) is 2.61. The van der Waals surface area contributed by atoms with Gasteiger partial charge >= 0.3 is 0 Å². The van der Waals surface area contributed by atoms with Crippen molar-refractivity contribution in [2.24, 2.45) is 0 Å². The van der Waals surface area contributed by atoms with Crippen molar-refractivity contribution in [3.63, 3.8) is 0 Å². The van der Waals surface area contributed by atoms with Gasteiger partial charge in [-0.25, -0.2) is 0 Å². The van der Waals surface area contributed by atoms with E-state index in [9.17, 15) is 5.11 Å². The van der Waals surface area contributed by atoms with Gasteiger partial charge in [0.15, 0.2) is 0 Å². The summed E-state index contributed by atoms with van der Waals surface area (Å²) in [6, 6.07) is 0. The van der Waals surface area contributed by atoms with Crippen molar-refractivity contribution in [1.29, 1.82) is 0 Å². The molecule has 66 valence electrons. The van der Waals surface area contributed by atoms with E-state index in [4.69, 9.17) is 16.3 Å². The molecule has 0 aromatic carbocycles. The molecule has 1 N–H and O–H groups in total. The van der Waals surface area contributed by atoms with Crippen molar-refractivity contribution >= 4 is 11.6 Å². The summed E-state index contributed by atoms with van der Waals surface area (Å²) in [6.45, 7) is 3.91. The fourth-order valence-electron chi connectivity index (χ4n) is 1.63. The van der Waals surface area contributed by atoms with E-state index in [1.54, 1.807) is 0 Å². The van der Waals surface area contributed by atoms with E-state index in [1.807, 2.05) is 13.8 Å². The molecule has 3 heteroatoms. The Morgan fingerprint density at radius 2 is 2.36 bits per heavy atom. The molecule has 0 aromatic rings. The third-order valence-electron chi connectivity index (χ3n) is 2.04. The van der Waals surface area contributed by atoms with Gasteiger partial charge in [0.1, 0.15) is 0 Å². The van der Waals surface area contributed by atoms with Gasteiger partial charge in [-0.3, -0.25) is 0 Å². The second-order valence-corrected chi connectivity index (χ2v) is 3.87. The lowest BCUT2D eigenvalue weighted by atomic mass is 9.93. The number of aliphatic hydroxyl groups excluding tert-OH is 1. The summed E-state index contributed by atoms with van der Waals surface area (Å²) in [6.07, 6.45) is 1.26. The van der Waals surface area contributed by atoms with Crippen LogP contribution >= 0.6 is 11.6 Å². The van der Waals surface area contributed by atoms with Crippen molar-refractivity contribution in [1.82, 2.24) is 0 Å². The number of halogens is 1. The fraction of sp³-hybridized carbons (Fsp3) is 1.00. The van der Waals surface area contributed by atoms with Crippen LogP contribution in [0.3, 0.4) is 0 Å². The van der Waals surface area contributed by atoms with Gasteiger partial charge in [-0.2, -0.15) is 0 Å². The Bertz CT molecular complexity index is 128. The highest BCUT2D eigenvalue weighted by atomic mass is 35.5. The lowest BCUT2D eigenvalue weighted by Crippen LogP contribution is -2.44. The average molecular weight is 179 g/mol. The Balaban J connectivity index is 2.55. The first-order valence-electron chi connectivity index (χ1n) is 3.97. The van der Waals surface area contributed by atoms with Gasteiger partial charge in [0, 0.05) is 6.42 Å². The highest BCUT2D eigenvalue weighted by molar-refractivity contribution is 6.18. The zero-order valence-electron chi connectivity index (χ0n) is 7.01. The highest BCUT2D eigenvalue weighted by Crippen LogP contribution is 2.29. The van der Waals surface area contributed by atoms with Gasteiger partial charge in [0.2, 0.25) is 0 Å². The van der Waals surface area contributed by atoms with E-state index in [0.29, 0.717) is 12.3 Å². The molecule has 1 aliphatic rings. The van der Waals surface area contributed by atoms with E-state index in [1.165, 1.54) is 0 Å². The molecule has 2 nitrogen and oxygen atoms in total. The van der Waals surface area contributed by atoms with E-state index in [-0.39, 0.29) is 17.8 Å². The number of aliphatic hydroxyl groups is 1. The zero-order valence-corrected chi connectivity index (χ0v) is 7.77. The molecular weight excluding hydrogens is 164 g/mol. The number of ether oxygens (including phenoxy) is 1. The topological polar surface area (TPSA) is 29.5 Å². The van der Waals surface area contributed by atoms with Crippen LogP contribution in [0.4, 0.5) is 0 Å². The van der Waals surface area contributed by atoms with E-state index >= 15 is 0 Å². The molecule has 1 aliphatic heterocycles. The molecule has 2 unspecified atom stereocenters. The van der Waals surface area contributed by atoms with Gasteiger partial charge in [0.25, 0.3) is 0 Å². The summed E-state index contributed by atoms with van der Waals surface area (Å²) >= 11 is 5.72. The molecule has 0 aromatic heterocycles. The van der Waals surface area contributed by atoms with Crippen LogP contribution in [0, 0.1) is 0 Å². The maximum atomic E-state index is 9.41. The Labute approximate surface area is 72.5 Å². The second kappa shape index (κ2) is 3.30. The molecule has 0 radical (unpaired) electrons. The molecule has 11 heavy (non-hydrogen) atoms. The largest absolute Gasteiger partial charge is 0.393 e. The number of alkyl halides is 1. The van der Waals surface area contributed by atoms with Crippen molar-refractivity contribution in [3.8, 4) is 0 Å². The smallest absolute Gasteiger partial charge is 0.0817 e. The summed E-state index contributed by atoms with van der Waals surface area (Å²) in [7, 11) is 0. The van der Waals surface area contributed by atoms with Crippen LogP contribution in [-0.4, -0.2) is 28.8 Å². The van der Waals surface area contributed by atoms with Crippen LogP contribution in [0.1, 0.15) is 26.7 Å².